The first-order valence-electron chi connectivity index (χ1n) is 11.6. The molecular formula is C29H24BrClN2O3. The van der Waals surface area contributed by atoms with Crippen LogP contribution in [0.3, 0.4) is 0 Å². The Labute approximate surface area is 223 Å². The number of aliphatic hydroxyl groups is 1. The van der Waals surface area contributed by atoms with Gasteiger partial charge in [0.05, 0.1) is 7.11 Å². The number of anilines is 1. The Morgan fingerprint density at radius 2 is 1.83 bits per heavy atom. The van der Waals surface area contributed by atoms with E-state index in [1.807, 2.05) is 42.5 Å². The van der Waals surface area contributed by atoms with E-state index in [0.29, 0.717) is 52.3 Å². The lowest BCUT2D eigenvalue weighted by atomic mass is 9.73. The molecule has 0 spiro atoms. The summed E-state index contributed by atoms with van der Waals surface area (Å²) < 4.78 is 6.13. The van der Waals surface area contributed by atoms with Gasteiger partial charge in [-0.1, -0.05) is 51.8 Å². The molecular weight excluding hydrogens is 540 g/mol. The van der Waals surface area contributed by atoms with Gasteiger partial charge in [0, 0.05) is 49.9 Å². The van der Waals surface area contributed by atoms with Crippen LogP contribution in [0.1, 0.15) is 36.3 Å². The molecule has 5 rings (SSSR count). The van der Waals surface area contributed by atoms with Crippen molar-refractivity contribution in [3.05, 3.63) is 110 Å². The minimum absolute atomic E-state index is 0.00805. The van der Waals surface area contributed by atoms with Crippen molar-refractivity contribution in [1.82, 2.24) is 0 Å². The number of aliphatic hydroxyl groups excluding tert-OH is 1. The minimum Gasteiger partial charge on any atom is -0.507 e. The van der Waals surface area contributed by atoms with Crippen molar-refractivity contribution in [3.63, 3.8) is 0 Å². The Morgan fingerprint density at radius 3 is 2.53 bits per heavy atom. The van der Waals surface area contributed by atoms with Crippen LogP contribution < -0.4 is 9.64 Å². The van der Waals surface area contributed by atoms with Gasteiger partial charge in [0.15, 0.2) is 5.78 Å². The standard InChI is InChI=1S/C29H24BrClN2O3/c1-36-20-14-12-17(13-15-20)28(35)27-25(21-8-2-3-9-22(21)31)26-23(10-5-11-24(26)34)33(29(27)32)19-7-4-6-18(30)16-19/h2-4,6-9,12-16,25,32,35H,5,10-11H2,1H3/b28-27+,32-29?. The molecule has 0 aromatic heterocycles. The van der Waals surface area contributed by atoms with E-state index in [2.05, 4.69) is 15.9 Å². The fraction of sp³-hybridized carbons (Fsp3) is 0.172. The highest BCUT2D eigenvalue weighted by Gasteiger charge is 2.43. The van der Waals surface area contributed by atoms with Gasteiger partial charge in [-0.3, -0.25) is 15.1 Å². The Morgan fingerprint density at radius 1 is 1.08 bits per heavy atom. The van der Waals surface area contributed by atoms with Crippen LogP contribution in [0, 0.1) is 5.41 Å². The van der Waals surface area contributed by atoms with Gasteiger partial charge in [0.1, 0.15) is 17.3 Å². The Balaban J connectivity index is 1.83. The van der Waals surface area contributed by atoms with Crippen molar-refractivity contribution in [2.24, 2.45) is 0 Å². The number of nitrogens with one attached hydrogen (secondary N) is 1. The molecule has 0 fully saturated rings. The average molecular weight is 564 g/mol. The number of benzene rings is 3. The molecule has 1 heterocycles. The summed E-state index contributed by atoms with van der Waals surface area (Å²) in [5.41, 5.74) is 3.66. The van der Waals surface area contributed by atoms with E-state index >= 15 is 0 Å². The predicted octanol–water partition coefficient (Wildman–Crippen LogP) is 7.67. The summed E-state index contributed by atoms with van der Waals surface area (Å²) in [6.45, 7) is 0. The third-order valence-corrected chi connectivity index (χ3v) is 7.49. The van der Waals surface area contributed by atoms with Gasteiger partial charge in [-0.05, 0) is 66.9 Å². The lowest BCUT2D eigenvalue weighted by Crippen LogP contribution is -2.42. The highest BCUT2D eigenvalue weighted by Crippen LogP contribution is 2.49. The summed E-state index contributed by atoms with van der Waals surface area (Å²) in [4.78, 5) is 15.3. The molecule has 3 aromatic carbocycles. The monoisotopic (exact) mass is 562 g/mol. The maximum atomic E-state index is 13.5. The molecule has 0 saturated carbocycles. The second-order valence-electron chi connectivity index (χ2n) is 8.75. The van der Waals surface area contributed by atoms with E-state index in [1.165, 1.54) is 0 Å². The van der Waals surface area contributed by atoms with E-state index in [1.54, 1.807) is 42.3 Å². The van der Waals surface area contributed by atoms with Crippen molar-refractivity contribution >= 4 is 50.6 Å². The van der Waals surface area contributed by atoms with Crippen LogP contribution in [-0.2, 0) is 4.79 Å². The zero-order chi connectivity index (χ0) is 25.4. The molecule has 1 aliphatic carbocycles. The largest absolute Gasteiger partial charge is 0.507 e. The van der Waals surface area contributed by atoms with Crippen LogP contribution in [0.25, 0.3) is 5.76 Å². The van der Waals surface area contributed by atoms with Gasteiger partial charge in [-0.15, -0.1) is 0 Å². The van der Waals surface area contributed by atoms with Crippen molar-refractivity contribution in [3.8, 4) is 5.75 Å². The quantitative estimate of drug-likeness (QED) is 0.320. The molecule has 1 atom stereocenters. The van der Waals surface area contributed by atoms with E-state index < -0.39 is 5.92 Å². The molecule has 0 saturated heterocycles. The number of methoxy groups -OCH3 is 1. The normalized spacial score (nSPS) is 19.3. The molecule has 0 radical (unpaired) electrons. The lowest BCUT2D eigenvalue weighted by Gasteiger charge is -2.42. The number of rotatable bonds is 4. The third kappa shape index (κ3) is 4.25. The number of ether oxygens (including phenoxy) is 1. The molecule has 0 amide bonds. The van der Waals surface area contributed by atoms with E-state index in [4.69, 9.17) is 16.3 Å². The molecule has 0 bridgehead atoms. The highest BCUT2D eigenvalue weighted by atomic mass is 79.9. The number of ketones is 1. The summed E-state index contributed by atoms with van der Waals surface area (Å²) in [6.07, 6.45) is 1.76. The maximum absolute atomic E-state index is 13.5. The molecule has 3 aromatic rings. The van der Waals surface area contributed by atoms with Crippen LogP contribution in [0.15, 0.2) is 94.1 Å². The van der Waals surface area contributed by atoms with Crippen LogP contribution in [0.5, 0.6) is 5.75 Å². The molecule has 1 unspecified atom stereocenters. The Bertz CT molecular complexity index is 1430. The van der Waals surface area contributed by atoms with Gasteiger partial charge in [0.25, 0.3) is 0 Å². The number of carbonyl (C=O) groups excluding carboxylic acids is 1. The molecule has 36 heavy (non-hydrogen) atoms. The number of amidine groups is 1. The number of Topliss-reactive ketones (excluding diaryl/α,β-unsaturated/α-hetero) is 1. The van der Waals surface area contributed by atoms with Gasteiger partial charge in [-0.2, -0.15) is 0 Å². The topological polar surface area (TPSA) is 73.6 Å². The summed E-state index contributed by atoms with van der Waals surface area (Å²) in [7, 11) is 1.58. The molecule has 1 aliphatic heterocycles. The fourth-order valence-electron chi connectivity index (χ4n) is 5.02. The SMILES string of the molecule is COc1ccc(/C(O)=C2\C(=N)N(c3cccc(Br)c3)C3=C(C(=O)CCC3)C2c2ccccc2Cl)cc1. The number of carbonyl (C=O) groups is 1. The molecule has 5 nitrogen and oxygen atoms in total. The summed E-state index contributed by atoms with van der Waals surface area (Å²) in [6, 6.07) is 22.0. The summed E-state index contributed by atoms with van der Waals surface area (Å²) >= 11 is 10.2. The zero-order valence-electron chi connectivity index (χ0n) is 19.6. The molecule has 7 heteroatoms. The van der Waals surface area contributed by atoms with Gasteiger partial charge < -0.3 is 9.84 Å². The van der Waals surface area contributed by atoms with Gasteiger partial charge in [-0.25, -0.2) is 0 Å². The smallest absolute Gasteiger partial charge is 0.161 e. The van der Waals surface area contributed by atoms with E-state index in [-0.39, 0.29) is 17.4 Å². The third-order valence-electron chi connectivity index (χ3n) is 6.66. The second-order valence-corrected chi connectivity index (χ2v) is 10.1. The minimum atomic E-state index is -0.667. The van der Waals surface area contributed by atoms with E-state index in [0.717, 1.165) is 15.9 Å². The maximum Gasteiger partial charge on any atom is 0.161 e. The lowest BCUT2D eigenvalue weighted by molar-refractivity contribution is -0.116. The van der Waals surface area contributed by atoms with Crippen molar-refractivity contribution < 1.29 is 14.6 Å². The van der Waals surface area contributed by atoms with Gasteiger partial charge >= 0.3 is 0 Å². The zero-order valence-corrected chi connectivity index (χ0v) is 21.9. The van der Waals surface area contributed by atoms with Crippen LogP contribution in [-0.4, -0.2) is 23.8 Å². The van der Waals surface area contributed by atoms with Crippen LogP contribution >= 0.6 is 27.5 Å². The number of allylic oxidation sites excluding steroid dienone is 2. The average Bonchev–Trinajstić information content (AvgIpc) is 2.88. The van der Waals surface area contributed by atoms with Crippen molar-refractivity contribution in [1.29, 1.82) is 5.41 Å². The summed E-state index contributed by atoms with van der Waals surface area (Å²) in [5.74, 6) is 0.0339. The Kier molecular flexibility index (Phi) is 6.73. The number of halogens is 2. The molecule has 2 aliphatic rings. The number of hydrogen-bond donors (Lipinski definition) is 2. The first-order chi connectivity index (χ1) is 17.4. The van der Waals surface area contributed by atoms with Crippen molar-refractivity contribution in [2.45, 2.75) is 25.2 Å². The molecule has 2 N–H and O–H groups in total. The van der Waals surface area contributed by atoms with Crippen LogP contribution in [0.2, 0.25) is 5.02 Å². The predicted molar refractivity (Wildman–Crippen MR) is 147 cm³/mol. The first kappa shape index (κ1) is 24.3. The number of nitrogens with zero attached hydrogens (tertiary/aromatic N) is 1. The highest BCUT2D eigenvalue weighted by molar-refractivity contribution is 9.10. The fourth-order valence-corrected chi connectivity index (χ4v) is 5.65. The summed E-state index contributed by atoms with van der Waals surface area (Å²) in [5, 5.41) is 21.6. The first-order valence-corrected chi connectivity index (χ1v) is 12.8. The van der Waals surface area contributed by atoms with E-state index in [9.17, 15) is 15.3 Å². The van der Waals surface area contributed by atoms with Crippen molar-refractivity contribution in [2.75, 3.05) is 12.0 Å². The number of hydrogen-bond acceptors (Lipinski definition) is 4. The second kappa shape index (κ2) is 9.96. The Hall–Kier alpha value is -3.35. The van der Waals surface area contributed by atoms with Crippen LogP contribution in [0.4, 0.5) is 5.69 Å². The molecule has 182 valence electrons. The van der Waals surface area contributed by atoms with Gasteiger partial charge in [0.2, 0.25) is 0 Å².